The van der Waals surface area contributed by atoms with Gasteiger partial charge in [-0.2, -0.15) is 5.10 Å². The minimum atomic E-state index is -0.279. The monoisotopic (exact) mass is 306 g/mol. The van der Waals surface area contributed by atoms with Crippen LogP contribution < -0.4 is 5.48 Å². The van der Waals surface area contributed by atoms with Crippen LogP contribution in [0.5, 0.6) is 0 Å². The zero-order chi connectivity index (χ0) is 15.1. The average Bonchev–Trinajstić information content (AvgIpc) is 2.49. The van der Waals surface area contributed by atoms with E-state index >= 15 is 0 Å². The molecule has 0 saturated carbocycles. The Labute approximate surface area is 126 Å². The van der Waals surface area contributed by atoms with Crippen molar-refractivity contribution >= 4 is 17.8 Å². The lowest BCUT2D eigenvalue weighted by atomic mass is 10.2. The van der Waals surface area contributed by atoms with Crippen molar-refractivity contribution in [2.24, 2.45) is 0 Å². The van der Waals surface area contributed by atoms with Crippen molar-refractivity contribution in [1.29, 1.82) is 0 Å². The first-order valence-electron chi connectivity index (χ1n) is 6.22. The number of rotatable bonds is 6. The Morgan fingerprint density at radius 1 is 1.38 bits per heavy atom. The van der Waals surface area contributed by atoms with Crippen LogP contribution in [0.25, 0.3) is 6.08 Å². The van der Waals surface area contributed by atoms with Gasteiger partial charge in [0.2, 0.25) is 5.16 Å². The van der Waals surface area contributed by atoms with Crippen LogP contribution in [0.1, 0.15) is 17.0 Å². The van der Waals surface area contributed by atoms with Gasteiger partial charge < -0.3 is 0 Å². The summed E-state index contributed by atoms with van der Waals surface area (Å²) >= 11 is 1.43. The molecule has 2 rings (SSSR count). The maximum Gasteiger partial charge on any atom is 0.209 e. The highest BCUT2D eigenvalue weighted by Gasteiger charge is 2.01. The average molecular weight is 306 g/mol. The molecule has 110 valence electrons. The molecule has 1 heterocycles. The van der Waals surface area contributed by atoms with Gasteiger partial charge in [-0.3, -0.25) is 10.3 Å². The van der Waals surface area contributed by atoms with Crippen molar-refractivity contribution in [3.05, 3.63) is 53.2 Å². The molecule has 0 bridgehead atoms. The van der Waals surface area contributed by atoms with Crippen molar-refractivity contribution in [1.82, 2.24) is 20.7 Å². The lowest BCUT2D eigenvalue weighted by Gasteiger charge is -2.03. The summed E-state index contributed by atoms with van der Waals surface area (Å²) in [5.41, 5.74) is 4.87. The van der Waals surface area contributed by atoms with Crippen LogP contribution in [-0.4, -0.2) is 21.4 Å². The molecule has 2 aromatic rings. The molecule has 0 fully saturated rings. The second-order valence-corrected chi connectivity index (χ2v) is 4.91. The van der Waals surface area contributed by atoms with E-state index in [2.05, 4.69) is 20.7 Å². The summed E-state index contributed by atoms with van der Waals surface area (Å²) in [5.74, 6) is -0.279. The maximum absolute atomic E-state index is 13.0. The summed E-state index contributed by atoms with van der Waals surface area (Å²) in [7, 11) is 0. The fourth-order valence-corrected chi connectivity index (χ4v) is 1.84. The number of thioether (sulfide) groups is 1. The van der Waals surface area contributed by atoms with E-state index in [1.165, 1.54) is 23.9 Å². The largest absolute Gasteiger partial charge is 0.274 e. The number of aryl methyl sites for hydroxylation is 1. The van der Waals surface area contributed by atoms with Crippen LogP contribution in [0.2, 0.25) is 0 Å². The first-order valence-corrected chi connectivity index (χ1v) is 7.45. The Morgan fingerprint density at radius 2 is 2.24 bits per heavy atom. The fourth-order valence-electron chi connectivity index (χ4n) is 1.53. The van der Waals surface area contributed by atoms with Crippen LogP contribution in [0.4, 0.5) is 4.39 Å². The molecule has 21 heavy (non-hydrogen) atoms. The number of hydrogen-bond donors (Lipinski definition) is 1. The lowest BCUT2D eigenvalue weighted by Crippen LogP contribution is -2.06. The molecule has 7 heteroatoms. The van der Waals surface area contributed by atoms with E-state index in [1.54, 1.807) is 24.4 Å². The molecule has 1 N–H and O–H groups in total. The van der Waals surface area contributed by atoms with E-state index in [9.17, 15) is 4.39 Å². The zero-order valence-corrected chi connectivity index (χ0v) is 12.5. The molecule has 1 aromatic carbocycles. The van der Waals surface area contributed by atoms with Gasteiger partial charge in [0.25, 0.3) is 0 Å². The van der Waals surface area contributed by atoms with Gasteiger partial charge in [-0.15, -0.1) is 5.10 Å². The number of halogens is 1. The number of hydrogen-bond acceptors (Lipinski definition) is 6. The predicted molar refractivity (Wildman–Crippen MR) is 79.7 cm³/mol. The van der Waals surface area contributed by atoms with Gasteiger partial charge in [-0.25, -0.2) is 9.37 Å². The molecule has 5 nitrogen and oxygen atoms in total. The molecule has 0 aliphatic rings. The standard InChI is InChI=1S/C14H15FN4OS/c1-10-13(17-14(21-2)19-18-10)6-7-16-20-9-11-4-3-5-12(15)8-11/h3-8,16H,9H2,1-2H3/b7-6+. The van der Waals surface area contributed by atoms with E-state index in [4.69, 9.17) is 4.84 Å². The van der Waals surface area contributed by atoms with E-state index < -0.39 is 0 Å². The van der Waals surface area contributed by atoms with Crippen LogP contribution in [0, 0.1) is 12.7 Å². The first-order chi connectivity index (χ1) is 10.2. The predicted octanol–water partition coefficient (Wildman–Crippen LogP) is 2.73. The Kier molecular flexibility index (Phi) is 5.65. The van der Waals surface area contributed by atoms with Gasteiger partial charge in [-0.1, -0.05) is 23.9 Å². The summed E-state index contributed by atoms with van der Waals surface area (Å²) in [4.78, 5) is 9.54. The SMILES string of the molecule is CSc1nnc(C)c(/C=C/NOCc2cccc(F)c2)n1. The molecule has 0 saturated heterocycles. The highest BCUT2D eigenvalue weighted by Crippen LogP contribution is 2.10. The van der Waals surface area contributed by atoms with Gasteiger partial charge in [0.1, 0.15) is 5.82 Å². The molecule has 0 atom stereocenters. The smallest absolute Gasteiger partial charge is 0.209 e. The zero-order valence-electron chi connectivity index (χ0n) is 11.7. The first kappa shape index (κ1) is 15.4. The molecule has 0 radical (unpaired) electrons. The summed E-state index contributed by atoms with van der Waals surface area (Å²) in [6.45, 7) is 2.09. The number of nitrogens with zero attached hydrogens (tertiary/aromatic N) is 3. The molecular formula is C14H15FN4OS. The van der Waals surface area contributed by atoms with E-state index in [1.807, 2.05) is 13.2 Å². The summed E-state index contributed by atoms with van der Waals surface area (Å²) in [6.07, 6.45) is 5.25. The van der Waals surface area contributed by atoms with E-state index in [0.717, 1.165) is 17.0 Å². The van der Waals surface area contributed by atoms with Crippen LogP contribution >= 0.6 is 11.8 Å². The summed E-state index contributed by atoms with van der Waals surface area (Å²) < 4.78 is 13.0. The number of hydroxylamine groups is 1. The highest BCUT2D eigenvalue weighted by molar-refractivity contribution is 7.98. The summed E-state index contributed by atoms with van der Waals surface area (Å²) in [6, 6.07) is 6.25. The maximum atomic E-state index is 13.0. The van der Waals surface area contributed by atoms with Crippen molar-refractivity contribution in [2.45, 2.75) is 18.7 Å². The van der Waals surface area contributed by atoms with Gasteiger partial charge in [0, 0.05) is 6.20 Å². The van der Waals surface area contributed by atoms with E-state index in [-0.39, 0.29) is 12.4 Å². The minimum Gasteiger partial charge on any atom is -0.274 e. The van der Waals surface area contributed by atoms with Gasteiger partial charge >= 0.3 is 0 Å². The van der Waals surface area contributed by atoms with Crippen molar-refractivity contribution in [2.75, 3.05) is 6.26 Å². The number of benzene rings is 1. The normalized spacial score (nSPS) is 11.0. The number of nitrogens with one attached hydrogen (secondary N) is 1. The number of aromatic nitrogens is 3. The quantitative estimate of drug-likeness (QED) is 0.503. The van der Waals surface area contributed by atoms with Crippen molar-refractivity contribution in [3.8, 4) is 0 Å². The third-order valence-electron chi connectivity index (χ3n) is 2.58. The second kappa shape index (κ2) is 7.70. The minimum absolute atomic E-state index is 0.263. The highest BCUT2D eigenvalue weighted by atomic mass is 32.2. The van der Waals surface area contributed by atoms with E-state index in [0.29, 0.717) is 5.16 Å². The molecular weight excluding hydrogens is 291 g/mol. The Balaban J connectivity index is 1.85. The van der Waals surface area contributed by atoms with Crippen LogP contribution in [-0.2, 0) is 11.4 Å². The molecule has 0 amide bonds. The molecule has 0 spiro atoms. The lowest BCUT2D eigenvalue weighted by molar-refractivity contribution is 0.0580. The Bertz CT molecular complexity index is 636. The molecule has 0 unspecified atom stereocenters. The van der Waals surface area contributed by atoms with Gasteiger partial charge in [0.05, 0.1) is 18.0 Å². The molecule has 0 aliphatic heterocycles. The van der Waals surface area contributed by atoms with Crippen molar-refractivity contribution < 1.29 is 9.23 Å². The molecule has 1 aromatic heterocycles. The topological polar surface area (TPSA) is 59.9 Å². The van der Waals surface area contributed by atoms with Crippen LogP contribution in [0.3, 0.4) is 0 Å². The molecule has 0 aliphatic carbocycles. The van der Waals surface area contributed by atoms with Gasteiger partial charge in [-0.05, 0) is 37.0 Å². The summed E-state index contributed by atoms with van der Waals surface area (Å²) in [5, 5.41) is 8.55. The fraction of sp³-hybridized carbons (Fsp3) is 0.214. The van der Waals surface area contributed by atoms with Gasteiger partial charge in [0.15, 0.2) is 0 Å². The third-order valence-corrected chi connectivity index (χ3v) is 3.11. The third kappa shape index (κ3) is 4.80. The second-order valence-electron chi connectivity index (χ2n) is 4.14. The van der Waals surface area contributed by atoms with Crippen molar-refractivity contribution in [3.63, 3.8) is 0 Å². The Hall–Kier alpha value is -1.99. The van der Waals surface area contributed by atoms with Crippen LogP contribution in [0.15, 0.2) is 35.6 Å². The Morgan fingerprint density at radius 3 is 3.00 bits per heavy atom.